The Labute approximate surface area is 136 Å². The Kier molecular flexibility index (Phi) is 3.50. The summed E-state index contributed by atoms with van der Waals surface area (Å²) in [6, 6.07) is 6.30. The summed E-state index contributed by atoms with van der Waals surface area (Å²) in [6.45, 7) is 2.71. The molecule has 2 aliphatic carbocycles. The number of carbonyl (C=O) groups excluding carboxylic acids is 1. The smallest absolute Gasteiger partial charge is 0.338 e. The standard InChI is InChI=1S/C17H21NO4S/c1-2-22-17(19)11-5-7-14(8-6-11)23(20,21)18-10-15-12-3-4-13(9-12)16(15)18/h5-8,12-13,15-16H,2-4,9-10H2,1H3/t12-,13-,15+,16+/m0/s1. The average Bonchev–Trinajstić information content (AvgIpc) is 3.04. The van der Waals surface area contributed by atoms with Gasteiger partial charge in [0.15, 0.2) is 0 Å². The SMILES string of the molecule is CCOC(=O)c1ccc(S(=O)(=O)N2C[C@@H]3[C@H]4CC[C@@H](C4)[C@H]32)cc1. The molecule has 4 atom stereocenters. The lowest BCUT2D eigenvalue weighted by Crippen LogP contribution is -2.60. The first-order chi connectivity index (χ1) is 11.0. The van der Waals surface area contributed by atoms with Crippen LogP contribution in [0, 0.1) is 17.8 Å². The number of hydrogen-bond acceptors (Lipinski definition) is 4. The van der Waals surface area contributed by atoms with Gasteiger partial charge in [-0.3, -0.25) is 0 Å². The van der Waals surface area contributed by atoms with E-state index in [0.717, 1.165) is 5.92 Å². The molecule has 6 heteroatoms. The lowest BCUT2D eigenvalue weighted by molar-refractivity contribution is 0.0505. The first kappa shape index (κ1) is 15.1. The van der Waals surface area contributed by atoms with Gasteiger partial charge in [0.2, 0.25) is 10.0 Å². The van der Waals surface area contributed by atoms with E-state index in [1.165, 1.54) is 43.5 Å². The van der Waals surface area contributed by atoms with Crippen LogP contribution in [0.5, 0.6) is 0 Å². The maximum absolute atomic E-state index is 12.9. The van der Waals surface area contributed by atoms with Gasteiger partial charge in [0.25, 0.3) is 0 Å². The van der Waals surface area contributed by atoms with Crippen molar-refractivity contribution in [1.82, 2.24) is 4.31 Å². The van der Waals surface area contributed by atoms with E-state index in [2.05, 4.69) is 0 Å². The van der Waals surface area contributed by atoms with Gasteiger partial charge < -0.3 is 4.74 Å². The third-order valence-corrected chi connectivity index (χ3v) is 7.61. The normalized spacial score (nSPS) is 32.4. The molecular weight excluding hydrogens is 314 g/mol. The Morgan fingerprint density at radius 3 is 2.57 bits per heavy atom. The first-order valence-electron chi connectivity index (χ1n) is 8.31. The van der Waals surface area contributed by atoms with Crippen LogP contribution < -0.4 is 0 Å². The lowest BCUT2D eigenvalue weighted by Gasteiger charge is -2.49. The Balaban J connectivity index is 1.54. The van der Waals surface area contributed by atoms with Crippen LogP contribution in [0.3, 0.4) is 0 Å². The third kappa shape index (κ3) is 2.22. The van der Waals surface area contributed by atoms with Crippen molar-refractivity contribution in [3.63, 3.8) is 0 Å². The predicted octanol–water partition coefficient (Wildman–Crippen LogP) is 2.28. The van der Waals surface area contributed by atoms with Crippen LogP contribution in [0.1, 0.15) is 36.5 Å². The third-order valence-electron chi connectivity index (χ3n) is 5.74. The largest absolute Gasteiger partial charge is 0.462 e. The molecule has 5 nitrogen and oxygen atoms in total. The molecule has 1 aromatic rings. The second-order valence-electron chi connectivity index (χ2n) is 6.81. The monoisotopic (exact) mass is 335 g/mol. The molecule has 124 valence electrons. The van der Waals surface area contributed by atoms with Crippen molar-refractivity contribution >= 4 is 16.0 Å². The lowest BCUT2D eigenvalue weighted by atomic mass is 9.79. The van der Waals surface area contributed by atoms with Crippen LogP contribution >= 0.6 is 0 Å². The molecule has 1 aromatic carbocycles. The van der Waals surface area contributed by atoms with Gasteiger partial charge in [-0.15, -0.1) is 0 Å². The topological polar surface area (TPSA) is 63.7 Å². The molecule has 0 amide bonds. The van der Waals surface area contributed by atoms with E-state index < -0.39 is 16.0 Å². The number of ether oxygens (including phenoxy) is 1. The summed E-state index contributed by atoms with van der Waals surface area (Å²) in [7, 11) is -3.45. The van der Waals surface area contributed by atoms with Crippen molar-refractivity contribution in [3.8, 4) is 0 Å². The van der Waals surface area contributed by atoms with Gasteiger partial charge in [0, 0.05) is 12.6 Å². The highest BCUT2D eigenvalue weighted by molar-refractivity contribution is 7.89. The highest BCUT2D eigenvalue weighted by Gasteiger charge is 2.59. The number of nitrogens with zero attached hydrogens (tertiary/aromatic N) is 1. The number of hydrogen-bond donors (Lipinski definition) is 0. The Bertz CT molecular complexity index is 725. The van der Waals surface area contributed by atoms with Crippen molar-refractivity contribution in [2.24, 2.45) is 17.8 Å². The molecule has 4 rings (SSSR count). The summed E-state index contributed by atoms with van der Waals surface area (Å²) in [5.74, 6) is 1.44. The quantitative estimate of drug-likeness (QED) is 0.792. The van der Waals surface area contributed by atoms with E-state index in [1.54, 1.807) is 11.2 Å². The van der Waals surface area contributed by atoms with E-state index in [-0.39, 0.29) is 10.9 Å². The summed E-state index contributed by atoms with van der Waals surface area (Å²) >= 11 is 0. The van der Waals surface area contributed by atoms with E-state index in [4.69, 9.17) is 4.74 Å². The number of carbonyl (C=O) groups is 1. The van der Waals surface area contributed by atoms with Gasteiger partial charge in [-0.25, -0.2) is 13.2 Å². The van der Waals surface area contributed by atoms with Crippen molar-refractivity contribution in [2.75, 3.05) is 13.2 Å². The zero-order valence-electron chi connectivity index (χ0n) is 13.1. The number of rotatable bonds is 4. The van der Waals surface area contributed by atoms with E-state index >= 15 is 0 Å². The van der Waals surface area contributed by atoms with Gasteiger partial charge in [-0.1, -0.05) is 0 Å². The van der Waals surface area contributed by atoms with E-state index in [0.29, 0.717) is 30.6 Å². The highest BCUT2D eigenvalue weighted by atomic mass is 32.2. The van der Waals surface area contributed by atoms with Crippen molar-refractivity contribution < 1.29 is 17.9 Å². The zero-order chi connectivity index (χ0) is 16.2. The minimum absolute atomic E-state index is 0.212. The Hall–Kier alpha value is -1.40. The van der Waals surface area contributed by atoms with Gasteiger partial charge in [0.05, 0.1) is 17.1 Å². The summed E-state index contributed by atoms with van der Waals surface area (Å²) < 4.78 is 32.3. The second-order valence-corrected chi connectivity index (χ2v) is 8.70. The molecule has 3 aliphatic rings. The van der Waals surface area contributed by atoms with Crippen LogP contribution in [0.15, 0.2) is 29.2 Å². The van der Waals surface area contributed by atoms with Crippen molar-refractivity contribution in [1.29, 1.82) is 0 Å². The van der Waals surface area contributed by atoms with Crippen LogP contribution in [0.25, 0.3) is 0 Å². The summed E-state index contributed by atoms with van der Waals surface area (Å²) in [6.07, 6.45) is 3.64. The summed E-state index contributed by atoms with van der Waals surface area (Å²) in [5, 5.41) is 0. The van der Waals surface area contributed by atoms with E-state index in [9.17, 15) is 13.2 Å². The fourth-order valence-corrected chi connectivity index (χ4v) is 6.42. The molecule has 1 saturated heterocycles. The number of fused-ring (bicyclic) bond motifs is 5. The molecule has 2 saturated carbocycles. The van der Waals surface area contributed by atoms with Crippen LogP contribution in [0.2, 0.25) is 0 Å². The number of sulfonamides is 1. The first-order valence-corrected chi connectivity index (χ1v) is 9.75. The van der Waals surface area contributed by atoms with Crippen LogP contribution in [-0.2, 0) is 14.8 Å². The molecule has 1 aliphatic heterocycles. The highest BCUT2D eigenvalue weighted by Crippen LogP contribution is 2.56. The predicted molar refractivity (Wildman–Crippen MR) is 84.4 cm³/mol. The zero-order valence-corrected chi connectivity index (χ0v) is 14.0. The Morgan fingerprint density at radius 2 is 1.91 bits per heavy atom. The second kappa shape index (κ2) is 5.31. The molecule has 0 spiro atoms. The minimum atomic E-state index is -3.45. The molecule has 0 unspecified atom stereocenters. The Morgan fingerprint density at radius 1 is 1.22 bits per heavy atom. The number of benzene rings is 1. The molecule has 1 heterocycles. The summed E-state index contributed by atoms with van der Waals surface area (Å²) in [4.78, 5) is 11.9. The molecule has 0 N–H and O–H groups in total. The van der Waals surface area contributed by atoms with Gasteiger partial charge in [0.1, 0.15) is 0 Å². The van der Waals surface area contributed by atoms with E-state index in [1.807, 2.05) is 0 Å². The molecule has 0 radical (unpaired) electrons. The van der Waals surface area contributed by atoms with Crippen molar-refractivity contribution in [3.05, 3.63) is 29.8 Å². The fraction of sp³-hybridized carbons (Fsp3) is 0.588. The maximum atomic E-state index is 12.9. The fourth-order valence-electron chi connectivity index (χ4n) is 4.65. The maximum Gasteiger partial charge on any atom is 0.338 e. The number of esters is 1. The van der Waals surface area contributed by atoms with Gasteiger partial charge >= 0.3 is 5.97 Å². The molecular formula is C17H21NO4S. The van der Waals surface area contributed by atoms with Gasteiger partial charge in [-0.2, -0.15) is 4.31 Å². The molecule has 2 bridgehead atoms. The average molecular weight is 335 g/mol. The van der Waals surface area contributed by atoms with Crippen molar-refractivity contribution in [2.45, 2.75) is 37.1 Å². The minimum Gasteiger partial charge on any atom is -0.462 e. The molecule has 23 heavy (non-hydrogen) atoms. The van der Waals surface area contributed by atoms with Crippen LogP contribution in [-0.4, -0.2) is 37.9 Å². The van der Waals surface area contributed by atoms with Crippen LogP contribution in [0.4, 0.5) is 0 Å². The van der Waals surface area contributed by atoms with Gasteiger partial charge in [-0.05, 0) is 68.2 Å². The molecule has 0 aromatic heterocycles. The summed E-state index contributed by atoms with van der Waals surface area (Å²) in [5.41, 5.74) is 0.382. The molecule has 3 fully saturated rings.